The van der Waals surface area contributed by atoms with Gasteiger partial charge in [0.25, 0.3) is 5.56 Å². The minimum atomic E-state index is -4.96. The number of esters is 1. The van der Waals surface area contributed by atoms with Gasteiger partial charge in [0.05, 0.1) is 24.6 Å². The van der Waals surface area contributed by atoms with Crippen molar-refractivity contribution in [1.29, 1.82) is 0 Å². The van der Waals surface area contributed by atoms with E-state index in [0.29, 0.717) is 33.1 Å². The number of halogens is 6. The molecule has 3 aromatic carbocycles. The lowest BCUT2D eigenvalue weighted by Gasteiger charge is -2.34. The Labute approximate surface area is 301 Å². The standard InChI is InChI=1S/C39H37F6N3O5/c1-4-52-34(50)16-31-28-14-25(12-22(3)36(28)42)35-21(2)6-5-7-32(35)53-20-23-8-9-30(41)27(13-23)37(38(51)46-31)48-17-24(10-11-47-18-26(40)19-47)29(15-33(48)49)39(43,44)45/h5-9,12-15,17,26,31,37H,4,10-11,16,18-20H2,1-3H3,(H,46,51)/t31-,37?/m0/s1. The van der Waals surface area contributed by atoms with Gasteiger partial charge in [0, 0.05) is 48.6 Å². The van der Waals surface area contributed by atoms with Gasteiger partial charge in [-0.3, -0.25) is 23.9 Å². The van der Waals surface area contributed by atoms with E-state index in [1.807, 2.05) is 13.0 Å². The number of ether oxygens (including phenoxy) is 2. The number of benzene rings is 3. The smallest absolute Gasteiger partial charge is 0.416 e. The van der Waals surface area contributed by atoms with Crippen molar-refractivity contribution in [2.45, 2.75) is 64.7 Å². The fourth-order valence-corrected chi connectivity index (χ4v) is 6.90. The third-order valence-electron chi connectivity index (χ3n) is 9.53. The fraction of sp³-hybridized carbons (Fsp3) is 0.359. The predicted molar refractivity (Wildman–Crippen MR) is 183 cm³/mol. The number of likely N-dealkylation sites (tertiary alicyclic amines) is 1. The highest BCUT2D eigenvalue weighted by Gasteiger charge is 2.38. The molecule has 2 aliphatic rings. The first-order chi connectivity index (χ1) is 25.1. The third kappa shape index (κ3) is 7.97. The molecule has 6 rings (SSSR count). The summed E-state index contributed by atoms with van der Waals surface area (Å²) in [6.45, 7) is 4.83. The first-order valence-electron chi connectivity index (χ1n) is 17.1. The largest absolute Gasteiger partial charge is 0.488 e. The van der Waals surface area contributed by atoms with Crippen molar-refractivity contribution in [3.05, 3.63) is 122 Å². The number of hydrogen-bond donors (Lipinski definition) is 1. The molecule has 2 atom stereocenters. The number of pyridine rings is 1. The van der Waals surface area contributed by atoms with E-state index in [1.54, 1.807) is 30.0 Å². The van der Waals surface area contributed by atoms with Crippen LogP contribution in [0.15, 0.2) is 65.6 Å². The molecule has 0 saturated carbocycles. The van der Waals surface area contributed by atoms with Crippen LogP contribution in [0.5, 0.6) is 5.75 Å². The number of carbonyl (C=O) groups is 2. The molecule has 1 amide bonds. The number of hydrogen-bond acceptors (Lipinski definition) is 6. The quantitative estimate of drug-likeness (QED) is 0.164. The van der Waals surface area contributed by atoms with Crippen molar-refractivity contribution >= 4 is 11.9 Å². The Morgan fingerprint density at radius 1 is 1.00 bits per heavy atom. The van der Waals surface area contributed by atoms with Gasteiger partial charge in [0.15, 0.2) is 0 Å². The summed E-state index contributed by atoms with van der Waals surface area (Å²) in [5, 5.41) is 2.62. The molecule has 1 N–H and O–H groups in total. The van der Waals surface area contributed by atoms with Crippen LogP contribution in [0, 0.1) is 25.5 Å². The summed E-state index contributed by atoms with van der Waals surface area (Å²) in [7, 11) is 0. The molecule has 14 heteroatoms. The monoisotopic (exact) mass is 741 g/mol. The Hall–Kier alpha value is -5.11. The van der Waals surface area contributed by atoms with Gasteiger partial charge in [-0.05, 0) is 85.3 Å². The highest BCUT2D eigenvalue weighted by Crippen LogP contribution is 2.39. The van der Waals surface area contributed by atoms with E-state index in [-0.39, 0.29) is 61.5 Å². The van der Waals surface area contributed by atoms with Crippen molar-refractivity contribution < 1.29 is 45.4 Å². The lowest BCUT2D eigenvalue weighted by Crippen LogP contribution is -2.49. The van der Waals surface area contributed by atoms with Gasteiger partial charge in [-0.1, -0.05) is 18.2 Å². The van der Waals surface area contributed by atoms with Crippen LogP contribution < -0.4 is 15.6 Å². The summed E-state index contributed by atoms with van der Waals surface area (Å²) >= 11 is 0. The van der Waals surface area contributed by atoms with E-state index in [4.69, 9.17) is 9.47 Å². The van der Waals surface area contributed by atoms with Crippen molar-refractivity contribution in [3.8, 4) is 16.9 Å². The van der Waals surface area contributed by atoms with Crippen LogP contribution in [0.3, 0.4) is 0 Å². The van der Waals surface area contributed by atoms with Crippen LogP contribution in [0.4, 0.5) is 26.3 Å². The summed E-state index contributed by atoms with van der Waals surface area (Å²) in [4.78, 5) is 42.7. The number of rotatable bonds is 7. The fourth-order valence-electron chi connectivity index (χ4n) is 6.90. The van der Waals surface area contributed by atoms with E-state index in [1.165, 1.54) is 25.1 Å². The van der Waals surface area contributed by atoms with Gasteiger partial charge in [-0.25, -0.2) is 13.2 Å². The van der Waals surface area contributed by atoms with E-state index in [2.05, 4.69) is 5.32 Å². The Bertz CT molecular complexity index is 2110. The van der Waals surface area contributed by atoms with Crippen LogP contribution in [0.1, 0.15) is 64.4 Å². The lowest BCUT2D eigenvalue weighted by atomic mass is 9.91. The minimum Gasteiger partial charge on any atom is -0.488 e. The highest BCUT2D eigenvalue weighted by molar-refractivity contribution is 5.85. The normalized spacial score (nSPS) is 17.9. The van der Waals surface area contributed by atoms with Crippen LogP contribution in [-0.2, 0) is 33.5 Å². The van der Waals surface area contributed by atoms with Crippen LogP contribution in [0.25, 0.3) is 11.1 Å². The molecule has 3 heterocycles. The van der Waals surface area contributed by atoms with E-state index >= 15 is 8.78 Å². The van der Waals surface area contributed by atoms with Gasteiger partial charge >= 0.3 is 12.1 Å². The second-order valence-corrected chi connectivity index (χ2v) is 13.3. The zero-order valence-corrected chi connectivity index (χ0v) is 29.2. The predicted octanol–water partition coefficient (Wildman–Crippen LogP) is 6.92. The molecular weight excluding hydrogens is 704 g/mol. The lowest BCUT2D eigenvalue weighted by molar-refractivity contribution is -0.144. The molecule has 280 valence electrons. The molecule has 4 aromatic rings. The van der Waals surface area contributed by atoms with Crippen LogP contribution >= 0.6 is 0 Å². The van der Waals surface area contributed by atoms with Crippen molar-refractivity contribution in [2.24, 2.45) is 0 Å². The molecule has 1 aromatic heterocycles. The van der Waals surface area contributed by atoms with Gasteiger partial charge in [0.1, 0.15) is 36.2 Å². The Balaban J connectivity index is 1.56. The molecule has 0 spiro atoms. The molecule has 53 heavy (non-hydrogen) atoms. The highest BCUT2D eigenvalue weighted by atomic mass is 19.4. The van der Waals surface area contributed by atoms with E-state index < -0.39 is 65.5 Å². The van der Waals surface area contributed by atoms with E-state index in [0.717, 1.165) is 17.8 Å². The second-order valence-electron chi connectivity index (χ2n) is 13.3. The Morgan fingerprint density at radius 2 is 1.75 bits per heavy atom. The molecule has 1 saturated heterocycles. The zero-order valence-electron chi connectivity index (χ0n) is 29.2. The number of aromatic nitrogens is 1. The molecule has 8 nitrogen and oxygen atoms in total. The van der Waals surface area contributed by atoms with Crippen molar-refractivity contribution in [1.82, 2.24) is 14.8 Å². The first kappa shape index (κ1) is 37.6. The topological polar surface area (TPSA) is 89.9 Å². The third-order valence-corrected chi connectivity index (χ3v) is 9.53. The number of amides is 1. The Kier molecular flexibility index (Phi) is 10.7. The molecular formula is C39H37F6N3O5. The van der Waals surface area contributed by atoms with Gasteiger partial charge in [0.2, 0.25) is 5.91 Å². The molecule has 2 aliphatic heterocycles. The zero-order chi connectivity index (χ0) is 38.2. The maximum Gasteiger partial charge on any atom is 0.416 e. The number of nitrogens with zero attached hydrogens (tertiary/aromatic N) is 2. The van der Waals surface area contributed by atoms with E-state index in [9.17, 15) is 31.9 Å². The average Bonchev–Trinajstić information content (AvgIpc) is 3.07. The molecule has 1 unspecified atom stereocenters. The minimum absolute atomic E-state index is 0.0251. The maximum atomic E-state index is 16.1. The summed E-state index contributed by atoms with van der Waals surface area (Å²) in [6, 6.07) is 9.06. The number of alkyl halides is 4. The molecule has 0 aliphatic carbocycles. The molecule has 1 fully saturated rings. The van der Waals surface area contributed by atoms with Gasteiger partial charge in [-0.15, -0.1) is 0 Å². The average molecular weight is 742 g/mol. The summed E-state index contributed by atoms with van der Waals surface area (Å²) in [5.41, 5.74) is -0.989. The summed E-state index contributed by atoms with van der Waals surface area (Å²) < 4.78 is 100. The molecule has 0 radical (unpaired) electrons. The van der Waals surface area contributed by atoms with Crippen LogP contribution in [-0.4, -0.2) is 53.8 Å². The van der Waals surface area contributed by atoms with Gasteiger partial charge < -0.3 is 14.8 Å². The van der Waals surface area contributed by atoms with Gasteiger partial charge in [-0.2, -0.15) is 13.2 Å². The first-order valence-corrected chi connectivity index (χ1v) is 17.1. The molecule has 4 bridgehead atoms. The number of carbonyl (C=O) groups excluding carboxylic acids is 2. The van der Waals surface area contributed by atoms with Crippen LogP contribution in [0.2, 0.25) is 0 Å². The summed E-state index contributed by atoms with van der Waals surface area (Å²) in [6.07, 6.45) is -6.05. The maximum absolute atomic E-state index is 16.1. The Morgan fingerprint density at radius 3 is 2.45 bits per heavy atom. The SMILES string of the molecule is CCOC(=O)C[C@@H]1NC(=O)C(n2cc(CCN3CC(F)C3)c(C(F)(F)F)cc2=O)c2cc(ccc2F)COc2cccc(C)c2-c2cc(C)c(F)c1c2. The van der Waals surface area contributed by atoms with Crippen molar-refractivity contribution in [3.63, 3.8) is 0 Å². The number of aryl methyl sites for hydroxylation is 2. The van der Waals surface area contributed by atoms with Crippen molar-refractivity contribution in [2.75, 3.05) is 26.2 Å². The second kappa shape index (κ2) is 15.1. The number of nitrogens with one attached hydrogen (secondary N) is 1. The summed E-state index contributed by atoms with van der Waals surface area (Å²) in [5.74, 6) is -3.24. The number of fused-ring (bicyclic) bond motifs is 6.